The molecule has 0 saturated heterocycles. The highest BCUT2D eigenvalue weighted by atomic mass is 16.5. The summed E-state index contributed by atoms with van der Waals surface area (Å²) >= 11 is 0. The molecule has 1 aliphatic rings. The molecule has 1 saturated carbocycles. The van der Waals surface area contributed by atoms with E-state index in [1.54, 1.807) is 0 Å². The van der Waals surface area contributed by atoms with Crippen molar-refractivity contribution in [2.24, 2.45) is 5.92 Å². The number of ether oxygens (including phenoxy) is 1. The second kappa shape index (κ2) is 4.29. The van der Waals surface area contributed by atoms with Crippen LogP contribution in [0, 0.1) is 5.92 Å². The van der Waals surface area contributed by atoms with E-state index in [2.05, 4.69) is 4.98 Å². The molecule has 2 rings (SSSR count). The molecular formula is C11H13NO3. The van der Waals surface area contributed by atoms with Crippen molar-refractivity contribution in [3.63, 3.8) is 0 Å². The Morgan fingerprint density at radius 2 is 2.40 bits per heavy atom. The molecule has 4 nitrogen and oxygen atoms in total. The largest absolute Gasteiger partial charge is 0.478 e. The van der Waals surface area contributed by atoms with Crippen LogP contribution in [-0.4, -0.2) is 22.7 Å². The summed E-state index contributed by atoms with van der Waals surface area (Å²) in [4.78, 5) is 14.6. The van der Waals surface area contributed by atoms with Crippen molar-refractivity contribution >= 4 is 5.97 Å². The van der Waals surface area contributed by atoms with E-state index in [4.69, 9.17) is 9.84 Å². The monoisotopic (exact) mass is 207 g/mol. The lowest BCUT2D eigenvalue weighted by atomic mass is 9.86. The molecule has 80 valence electrons. The minimum Gasteiger partial charge on any atom is -0.478 e. The van der Waals surface area contributed by atoms with Crippen molar-refractivity contribution in [1.82, 2.24) is 4.98 Å². The quantitative estimate of drug-likeness (QED) is 0.819. The topological polar surface area (TPSA) is 59.4 Å². The third-order valence-corrected chi connectivity index (χ3v) is 2.67. The van der Waals surface area contributed by atoms with Gasteiger partial charge in [0.05, 0.1) is 12.2 Å². The molecule has 1 fully saturated rings. The Morgan fingerprint density at radius 3 is 3.00 bits per heavy atom. The first-order valence-electron chi connectivity index (χ1n) is 5.08. The second-order valence-electron chi connectivity index (χ2n) is 3.80. The summed E-state index contributed by atoms with van der Waals surface area (Å²) in [6.45, 7) is 0.649. The molecule has 0 aliphatic heterocycles. The summed E-state index contributed by atoms with van der Waals surface area (Å²) in [5.74, 6) is 0.0768. The molecule has 1 aliphatic carbocycles. The van der Waals surface area contributed by atoms with Crippen LogP contribution >= 0.6 is 0 Å². The van der Waals surface area contributed by atoms with Crippen molar-refractivity contribution in [3.8, 4) is 5.88 Å². The van der Waals surface area contributed by atoms with Crippen LogP contribution in [0.3, 0.4) is 0 Å². The number of carboxylic acid groups (broad SMARTS) is 1. The molecule has 0 radical (unpaired) electrons. The lowest BCUT2D eigenvalue weighted by Gasteiger charge is -2.24. The van der Waals surface area contributed by atoms with Crippen LogP contribution in [-0.2, 0) is 0 Å². The van der Waals surface area contributed by atoms with Crippen LogP contribution in [0.15, 0.2) is 18.3 Å². The molecule has 1 aromatic heterocycles. The van der Waals surface area contributed by atoms with Crippen molar-refractivity contribution in [1.29, 1.82) is 0 Å². The fourth-order valence-corrected chi connectivity index (χ4v) is 1.48. The molecule has 15 heavy (non-hydrogen) atoms. The van der Waals surface area contributed by atoms with Gasteiger partial charge in [-0.3, -0.25) is 0 Å². The van der Waals surface area contributed by atoms with E-state index >= 15 is 0 Å². The average molecular weight is 207 g/mol. The number of hydrogen-bond acceptors (Lipinski definition) is 3. The lowest BCUT2D eigenvalue weighted by molar-refractivity contribution is 0.0696. The molecule has 0 spiro atoms. The maximum absolute atomic E-state index is 10.7. The van der Waals surface area contributed by atoms with Crippen molar-refractivity contribution in [2.75, 3.05) is 6.61 Å². The molecule has 0 aromatic carbocycles. The van der Waals surface area contributed by atoms with Crippen molar-refractivity contribution < 1.29 is 14.6 Å². The molecule has 0 unspecified atom stereocenters. The highest BCUT2D eigenvalue weighted by molar-refractivity contribution is 5.87. The standard InChI is InChI=1S/C11H13NO3/c13-11(14)9-4-5-12-10(6-9)15-7-8-2-1-3-8/h4-6,8H,1-3,7H2,(H,13,14). The predicted octanol–water partition coefficient (Wildman–Crippen LogP) is 1.96. The third kappa shape index (κ3) is 2.46. The van der Waals surface area contributed by atoms with Crippen molar-refractivity contribution in [2.45, 2.75) is 19.3 Å². The first-order valence-corrected chi connectivity index (χ1v) is 5.08. The Kier molecular flexibility index (Phi) is 2.85. The van der Waals surface area contributed by atoms with Crippen LogP contribution in [0.2, 0.25) is 0 Å². The summed E-state index contributed by atoms with van der Waals surface area (Å²) in [7, 11) is 0. The number of aromatic carboxylic acids is 1. The molecule has 1 aromatic rings. The van der Waals surface area contributed by atoms with Gasteiger partial charge in [-0.2, -0.15) is 0 Å². The van der Waals surface area contributed by atoms with Crippen LogP contribution < -0.4 is 4.74 Å². The molecule has 0 atom stereocenters. The zero-order valence-corrected chi connectivity index (χ0v) is 8.35. The van der Waals surface area contributed by atoms with E-state index in [1.165, 1.54) is 37.6 Å². The Labute approximate surface area is 87.9 Å². The van der Waals surface area contributed by atoms with Crippen LogP contribution in [0.5, 0.6) is 5.88 Å². The van der Waals surface area contributed by atoms with Gasteiger partial charge in [0.25, 0.3) is 0 Å². The maximum Gasteiger partial charge on any atom is 0.335 e. The van der Waals surface area contributed by atoms with Gasteiger partial charge in [-0.1, -0.05) is 6.42 Å². The predicted molar refractivity (Wildman–Crippen MR) is 54.0 cm³/mol. The summed E-state index contributed by atoms with van der Waals surface area (Å²) in [6.07, 6.45) is 5.15. The Morgan fingerprint density at radius 1 is 1.60 bits per heavy atom. The zero-order chi connectivity index (χ0) is 10.7. The molecule has 4 heteroatoms. The van der Waals surface area contributed by atoms with Gasteiger partial charge < -0.3 is 9.84 Å². The normalized spacial score (nSPS) is 15.7. The number of carboxylic acids is 1. The Bertz CT molecular complexity index is 361. The second-order valence-corrected chi connectivity index (χ2v) is 3.80. The molecular weight excluding hydrogens is 194 g/mol. The molecule has 1 heterocycles. The fourth-order valence-electron chi connectivity index (χ4n) is 1.48. The maximum atomic E-state index is 10.7. The van der Waals surface area contributed by atoms with Gasteiger partial charge in [-0.25, -0.2) is 9.78 Å². The number of aromatic nitrogens is 1. The summed E-state index contributed by atoms with van der Waals surface area (Å²) in [5.41, 5.74) is 0.216. The Hall–Kier alpha value is -1.58. The first kappa shape index (κ1) is 9.96. The lowest BCUT2D eigenvalue weighted by Crippen LogP contribution is -2.19. The smallest absolute Gasteiger partial charge is 0.335 e. The number of nitrogens with zero attached hydrogens (tertiary/aromatic N) is 1. The minimum absolute atomic E-state index is 0.216. The SMILES string of the molecule is O=C(O)c1ccnc(OCC2CCC2)c1. The van der Waals surface area contributed by atoms with Crippen LogP contribution in [0.4, 0.5) is 0 Å². The van der Waals surface area contributed by atoms with Gasteiger partial charge in [-0.15, -0.1) is 0 Å². The number of pyridine rings is 1. The van der Waals surface area contributed by atoms with Crippen LogP contribution in [0.25, 0.3) is 0 Å². The van der Waals surface area contributed by atoms with Gasteiger partial charge in [-0.05, 0) is 24.8 Å². The third-order valence-electron chi connectivity index (χ3n) is 2.67. The molecule has 0 bridgehead atoms. The Balaban J connectivity index is 1.94. The highest BCUT2D eigenvalue weighted by Gasteiger charge is 2.18. The number of hydrogen-bond donors (Lipinski definition) is 1. The summed E-state index contributed by atoms with van der Waals surface area (Å²) < 4.78 is 5.43. The minimum atomic E-state index is -0.953. The van der Waals surface area contributed by atoms with Gasteiger partial charge >= 0.3 is 5.97 Å². The van der Waals surface area contributed by atoms with E-state index in [-0.39, 0.29) is 5.56 Å². The van der Waals surface area contributed by atoms with Gasteiger partial charge in [0, 0.05) is 12.3 Å². The van der Waals surface area contributed by atoms with E-state index in [0.29, 0.717) is 18.4 Å². The summed E-state index contributed by atoms with van der Waals surface area (Å²) in [6, 6.07) is 2.92. The van der Waals surface area contributed by atoms with E-state index in [9.17, 15) is 4.79 Å². The van der Waals surface area contributed by atoms with Crippen LogP contribution in [0.1, 0.15) is 29.6 Å². The van der Waals surface area contributed by atoms with Gasteiger partial charge in [0.2, 0.25) is 5.88 Å². The number of carbonyl (C=O) groups is 1. The van der Waals surface area contributed by atoms with E-state index in [1.807, 2.05) is 0 Å². The summed E-state index contributed by atoms with van der Waals surface area (Å²) in [5, 5.41) is 8.76. The van der Waals surface area contributed by atoms with E-state index in [0.717, 1.165) is 0 Å². The number of rotatable bonds is 4. The molecule has 0 amide bonds. The fraction of sp³-hybridized carbons (Fsp3) is 0.455. The van der Waals surface area contributed by atoms with Crippen molar-refractivity contribution in [3.05, 3.63) is 23.9 Å². The average Bonchev–Trinajstić information content (AvgIpc) is 2.16. The van der Waals surface area contributed by atoms with E-state index < -0.39 is 5.97 Å². The highest BCUT2D eigenvalue weighted by Crippen LogP contribution is 2.26. The molecule has 1 N–H and O–H groups in total. The van der Waals surface area contributed by atoms with Gasteiger partial charge in [0.15, 0.2) is 0 Å². The van der Waals surface area contributed by atoms with Gasteiger partial charge in [0.1, 0.15) is 0 Å². The zero-order valence-electron chi connectivity index (χ0n) is 8.35. The first-order chi connectivity index (χ1) is 7.25.